The number of fused-ring (bicyclic) bond motifs is 2. The van der Waals surface area contributed by atoms with Crippen molar-refractivity contribution in [2.45, 2.75) is 69.6 Å². The van der Waals surface area contributed by atoms with Crippen LogP contribution >= 0.6 is 34.8 Å². The fraction of sp³-hybridized carbons (Fsp3) is 0.441. The number of piperidine rings is 2. The van der Waals surface area contributed by atoms with Gasteiger partial charge in [-0.25, -0.2) is 9.18 Å². The first-order valence-electron chi connectivity index (χ1n) is 15.3. The molecule has 6 rings (SSSR count). The molecule has 4 atom stereocenters. The summed E-state index contributed by atoms with van der Waals surface area (Å²) in [5.41, 5.74) is -1.01. The molecule has 2 aromatic rings. The number of ether oxygens (including phenoxy) is 2. The lowest BCUT2D eigenvalue weighted by Crippen LogP contribution is -2.59. The second-order valence-corrected chi connectivity index (χ2v) is 14.6. The van der Waals surface area contributed by atoms with Gasteiger partial charge in [0.1, 0.15) is 22.9 Å². The minimum Gasteiger partial charge on any atom is -0.490 e. The summed E-state index contributed by atoms with van der Waals surface area (Å²) in [4.78, 5) is 42.2. The molecule has 0 saturated carbocycles. The first kappa shape index (κ1) is 32.7. The van der Waals surface area contributed by atoms with Crippen molar-refractivity contribution in [3.05, 3.63) is 80.6 Å². The minimum atomic E-state index is -1.46. The molecule has 12 heteroatoms. The van der Waals surface area contributed by atoms with Crippen molar-refractivity contribution in [1.82, 2.24) is 10.2 Å². The van der Waals surface area contributed by atoms with Gasteiger partial charge in [0.25, 0.3) is 0 Å². The Morgan fingerprint density at radius 3 is 2.50 bits per heavy atom. The molecule has 2 N–H and O–H groups in total. The zero-order valence-electron chi connectivity index (χ0n) is 25.7. The summed E-state index contributed by atoms with van der Waals surface area (Å²) in [5, 5.41) is 6.78. The van der Waals surface area contributed by atoms with E-state index in [0.717, 1.165) is 0 Å². The number of hydrogen-bond acceptors (Lipinski definition) is 5. The second kappa shape index (κ2) is 12.4. The Kier molecular flexibility index (Phi) is 8.80. The van der Waals surface area contributed by atoms with Gasteiger partial charge in [-0.2, -0.15) is 0 Å². The molecule has 3 aliphatic heterocycles. The molecule has 0 radical (unpaired) electrons. The van der Waals surface area contributed by atoms with Gasteiger partial charge in [0.15, 0.2) is 5.82 Å². The van der Waals surface area contributed by atoms with Gasteiger partial charge in [-0.05, 0) is 74.9 Å². The third kappa shape index (κ3) is 5.98. The maximum atomic E-state index is 16.5. The molecular formula is C34H35Cl3FN3O5. The van der Waals surface area contributed by atoms with E-state index in [9.17, 15) is 14.4 Å². The highest BCUT2D eigenvalue weighted by molar-refractivity contribution is 6.31. The third-order valence-corrected chi connectivity index (χ3v) is 9.96. The molecule has 244 valence electrons. The number of carbonyl (C=O) groups is 3. The van der Waals surface area contributed by atoms with Crippen molar-refractivity contribution in [2.24, 2.45) is 11.8 Å². The number of amides is 3. The summed E-state index contributed by atoms with van der Waals surface area (Å²) in [5.74, 6) is -2.27. The van der Waals surface area contributed by atoms with Crippen LogP contribution in [0, 0.1) is 17.7 Å². The Morgan fingerprint density at radius 2 is 1.80 bits per heavy atom. The summed E-state index contributed by atoms with van der Waals surface area (Å²) in [6, 6.07) is 6.88. The molecule has 3 amide bonds. The number of nitrogens with zero attached hydrogens (tertiary/aromatic N) is 1. The van der Waals surface area contributed by atoms with E-state index in [4.69, 9.17) is 44.3 Å². The van der Waals surface area contributed by atoms with E-state index < -0.39 is 40.8 Å². The smallest absolute Gasteiger partial charge is 0.410 e. The van der Waals surface area contributed by atoms with Crippen molar-refractivity contribution in [3.63, 3.8) is 0 Å². The Balaban J connectivity index is 1.41. The van der Waals surface area contributed by atoms with Crippen molar-refractivity contribution in [2.75, 3.05) is 18.4 Å². The van der Waals surface area contributed by atoms with Crippen LogP contribution in [-0.2, 0) is 19.7 Å². The Bertz CT molecular complexity index is 1650. The van der Waals surface area contributed by atoms with Gasteiger partial charge in [0.05, 0.1) is 16.6 Å². The van der Waals surface area contributed by atoms with Crippen LogP contribution in [0.25, 0.3) is 0 Å². The molecule has 1 aliphatic carbocycles. The average molecular weight is 691 g/mol. The summed E-state index contributed by atoms with van der Waals surface area (Å²) in [6.45, 7) is 6.20. The number of likely N-dealkylation sites (tertiary alicyclic amines) is 1. The maximum Gasteiger partial charge on any atom is 0.410 e. The first-order valence-corrected chi connectivity index (χ1v) is 16.5. The molecule has 3 heterocycles. The van der Waals surface area contributed by atoms with Gasteiger partial charge in [-0.1, -0.05) is 53.0 Å². The Hall–Kier alpha value is -3.27. The normalized spacial score (nSPS) is 26.4. The standard InChI is InChI=1S/C34H35Cl3FN3O5/c1-33(2,3)46-32(44)41-13-11-21(12-14-41)45-26-10-9-24(37)29(38)28(26)30-34(22-8-7-20(36)16-25(22)39-31(34)43)23(17-27(42)40-30)18-5-4-6-19(35)15-18/h4-10,16,18,21,23,30H,11-15,17H2,1-3H3,(H,39,43)(H,40,42)/t18?,23-,30-,34-/m0/s1. The predicted octanol–water partition coefficient (Wildman–Crippen LogP) is 7.68. The third-order valence-electron chi connectivity index (χ3n) is 9.15. The van der Waals surface area contributed by atoms with E-state index in [2.05, 4.69) is 10.6 Å². The van der Waals surface area contributed by atoms with Crippen LogP contribution < -0.4 is 15.4 Å². The molecule has 46 heavy (non-hydrogen) atoms. The van der Waals surface area contributed by atoms with Crippen LogP contribution in [-0.4, -0.2) is 47.6 Å². The van der Waals surface area contributed by atoms with Crippen LogP contribution in [0.4, 0.5) is 14.9 Å². The van der Waals surface area contributed by atoms with Crippen LogP contribution in [0.1, 0.15) is 63.6 Å². The zero-order valence-corrected chi connectivity index (χ0v) is 27.9. The monoisotopic (exact) mass is 689 g/mol. The van der Waals surface area contributed by atoms with Gasteiger partial charge in [0, 0.05) is 48.1 Å². The predicted molar refractivity (Wildman–Crippen MR) is 175 cm³/mol. The lowest BCUT2D eigenvalue weighted by Gasteiger charge is -2.49. The van der Waals surface area contributed by atoms with Crippen molar-refractivity contribution >= 4 is 58.4 Å². The molecule has 2 aromatic carbocycles. The van der Waals surface area contributed by atoms with Crippen molar-refractivity contribution < 1.29 is 28.2 Å². The zero-order chi connectivity index (χ0) is 33.0. The summed E-state index contributed by atoms with van der Waals surface area (Å²) < 4.78 is 28.4. The molecule has 4 aliphatic rings. The SMILES string of the molecule is CC(C)(C)OC(=O)N1CCC(Oc2ccc(Cl)c(F)c2[C@@H]2NC(=O)C[C@@H](C3C=CC=C(Cl)C3)[C@]23C(=O)Nc2cc(Cl)ccc23)CC1. The molecule has 1 spiro atoms. The highest BCUT2D eigenvalue weighted by atomic mass is 35.5. The second-order valence-electron chi connectivity index (χ2n) is 13.2. The van der Waals surface area contributed by atoms with Gasteiger partial charge in [-0.15, -0.1) is 0 Å². The summed E-state index contributed by atoms with van der Waals surface area (Å²) in [7, 11) is 0. The molecule has 8 nitrogen and oxygen atoms in total. The van der Waals surface area contributed by atoms with Gasteiger partial charge in [-0.3, -0.25) is 9.59 Å². The molecule has 2 saturated heterocycles. The molecule has 1 unspecified atom stereocenters. The first-order chi connectivity index (χ1) is 21.8. The number of rotatable bonds is 4. The largest absolute Gasteiger partial charge is 0.490 e. The number of allylic oxidation sites excluding steroid dienone is 4. The van der Waals surface area contributed by atoms with Crippen LogP contribution in [0.15, 0.2) is 53.6 Å². The quantitative estimate of drug-likeness (QED) is 0.343. The van der Waals surface area contributed by atoms with Crippen LogP contribution in [0.2, 0.25) is 10.0 Å². The van der Waals surface area contributed by atoms with Crippen LogP contribution in [0.5, 0.6) is 5.75 Å². The van der Waals surface area contributed by atoms with Crippen molar-refractivity contribution in [1.29, 1.82) is 0 Å². The lowest BCUT2D eigenvalue weighted by atomic mass is 9.56. The molecule has 2 fully saturated rings. The maximum absolute atomic E-state index is 16.5. The fourth-order valence-corrected chi connectivity index (χ4v) is 7.79. The topological polar surface area (TPSA) is 97.0 Å². The summed E-state index contributed by atoms with van der Waals surface area (Å²) in [6.07, 6.45) is 6.12. The fourth-order valence-electron chi connectivity index (χ4n) is 7.20. The van der Waals surface area contributed by atoms with Crippen LogP contribution in [0.3, 0.4) is 0 Å². The van der Waals surface area contributed by atoms with Gasteiger partial charge >= 0.3 is 6.09 Å². The minimum absolute atomic E-state index is 0.00661. The van der Waals surface area contributed by atoms with Gasteiger partial charge in [0.2, 0.25) is 11.8 Å². The number of nitrogens with one attached hydrogen (secondary N) is 2. The molecule has 0 bridgehead atoms. The van der Waals surface area contributed by atoms with E-state index in [1.54, 1.807) is 35.2 Å². The number of hydrogen-bond donors (Lipinski definition) is 2. The van der Waals surface area contributed by atoms with E-state index in [0.29, 0.717) is 53.7 Å². The van der Waals surface area contributed by atoms with E-state index >= 15 is 4.39 Å². The number of benzene rings is 2. The highest BCUT2D eigenvalue weighted by Crippen LogP contribution is 2.59. The number of carbonyl (C=O) groups excluding carboxylic acids is 3. The van der Waals surface area contributed by atoms with E-state index in [1.165, 1.54) is 6.07 Å². The van der Waals surface area contributed by atoms with Crippen molar-refractivity contribution in [3.8, 4) is 5.75 Å². The number of halogens is 4. The summed E-state index contributed by atoms with van der Waals surface area (Å²) >= 11 is 19.2. The molecule has 0 aromatic heterocycles. The van der Waals surface area contributed by atoms with E-state index in [-0.39, 0.29) is 40.7 Å². The average Bonchev–Trinajstić information content (AvgIpc) is 3.26. The Morgan fingerprint density at radius 1 is 1.07 bits per heavy atom. The lowest BCUT2D eigenvalue weighted by molar-refractivity contribution is -0.135. The van der Waals surface area contributed by atoms with E-state index in [1.807, 2.05) is 32.9 Å². The highest BCUT2D eigenvalue weighted by Gasteiger charge is 2.63. The molecular weight excluding hydrogens is 656 g/mol. The van der Waals surface area contributed by atoms with Gasteiger partial charge < -0.3 is 25.0 Å². The number of anilines is 1. The Labute approximate surface area is 282 Å².